The molecule has 0 aliphatic heterocycles. The molecule has 1 aromatic rings. The van der Waals surface area contributed by atoms with E-state index < -0.39 is 8.38 Å². The van der Waals surface area contributed by atoms with Crippen LogP contribution in [0.25, 0.3) is 0 Å². The van der Waals surface area contributed by atoms with E-state index in [4.69, 9.17) is 4.74 Å². The minimum absolute atomic E-state index is 0. The molecule has 8 heteroatoms. The van der Waals surface area contributed by atoms with Crippen molar-refractivity contribution in [1.82, 2.24) is 0 Å². The average Bonchev–Trinajstić information content (AvgIpc) is 2.05. The molecule has 1 aromatic carbocycles. The molecule has 0 aromatic heterocycles. The summed E-state index contributed by atoms with van der Waals surface area (Å²) in [7, 11) is -0.935. The van der Waals surface area contributed by atoms with Gasteiger partial charge in [-0.2, -0.15) is 0 Å². The third-order valence-electron chi connectivity index (χ3n) is 1.28. The Morgan fingerprint density at radius 1 is 1.00 bits per heavy atom. The summed E-state index contributed by atoms with van der Waals surface area (Å²) >= 11 is 0. The second kappa shape index (κ2) is 13.5. The van der Waals surface area contributed by atoms with Gasteiger partial charge in [-0.1, -0.05) is 17.4 Å². The van der Waals surface area contributed by atoms with Crippen LogP contribution >= 0.6 is 8.38 Å². The maximum Gasteiger partial charge on any atom is 2.00 e. The van der Waals surface area contributed by atoms with E-state index in [2.05, 4.69) is 0 Å². The van der Waals surface area contributed by atoms with Crippen LogP contribution < -0.4 is 44.6 Å². The van der Waals surface area contributed by atoms with Crippen molar-refractivity contribution in [3.05, 3.63) is 24.3 Å². The fourth-order valence-corrected chi connectivity index (χ4v) is 1.10. The maximum atomic E-state index is 10.4. The summed E-state index contributed by atoms with van der Waals surface area (Å²) in [5.74, 6) is 0.658. The number of rotatable bonds is 2. The van der Waals surface area contributed by atoms with Crippen molar-refractivity contribution in [1.29, 1.82) is 0 Å². The number of halogens is 2. The molecule has 15 heavy (non-hydrogen) atoms. The van der Waals surface area contributed by atoms with E-state index in [1.165, 1.54) is 19.2 Å². The van der Waals surface area contributed by atoms with Gasteiger partial charge in [0, 0.05) is 0 Å². The second-order valence-electron chi connectivity index (χ2n) is 1.96. The van der Waals surface area contributed by atoms with Crippen LogP contribution in [-0.2, 0) is 0 Å². The molecule has 3 nitrogen and oxygen atoms in total. The minimum Gasteiger partial charge on any atom is -1.00 e. The van der Waals surface area contributed by atoms with Crippen LogP contribution in [0.4, 0.5) is 0 Å². The van der Waals surface area contributed by atoms with Gasteiger partial charge in [0.05, 0.1) is 7.11 Å². The SMILES string of the molecule is COc1ccc(P([O-])[O-])cc1.[Cl-].[Cl-].[Mg+2].[Mg+2]. The van der Waals surface area contributed by atoms with Crippen molar-refractivity contribution in [2.24, 2.45) is 0 Å². The molecule has 76 valence electrons. The van der Waals surface area contributed by atoms with E-state index in [1.807, 2.05) is 0 Å². The number of hydrogen-bond donors (Lipinski definition) is 0. The van der Waals surface area contributed by atoms with Crippen LogP contribution in [0.5, 0.6) is 5.75 Å². The molecule has 0 saturated carbocycles. The van der Waals surface area contributed by atoms with E-state index in [1.54, 1.807) is 12.1 Å². The largest absolute Gasteiger partial charge is 2.00 e. The van der Waals surface area contributed by atoms with Gasteiger partial charge in [0.25, 0.3) is 0 Å². The zero-order valence-corrected chi connectivity index (χ0v) is 13.4. The first-order valence-electron chi connectivity index (χ1n) is 3.02. The summed E-state index contributed by atoms with van der Waals surface area (Å²) < 4.78 is 4.85. The van der Waals surface area contributed by atoms with Crippen LogP contribution in [0.2, 0.25) is 0 Å². The minimum atomic E-state index is -2.47. The summed E-state index contributed by atoms with van der Waals surface area (Å²) in [5.41, 5.74) is 0. The van der Waals surface area contributed by atoms with Crippen molar-refractivity contribution >= 4 is 59.8 Å². The molecule has 0 atom stereocenters. The molecule has 0 heterocycles. The Kier molecular flexibility index (Phi) is 22.9. The summed E-state index contributed by atoms with van der Waals surface area (Å²) in [6.07, 6.45) is 0. The zero-order valence-electron chi connectivity index (χ0n) is 8.15. The van der Waals surface area contributed by atoms with E-state index >= 15 is 0 Å². The molecular weight excluding hydrogens is 283 g/mol. The van der Waals surface area contributed by atoms with Gasteiger partial charge >= 0.3 is 46.1 Å². The quantitative estimate of drug-likeness (QED) is 0.402. The first-order valence-corrected chi connectivity index (χ1v) is 4.20. The van der Waals surface area contributed by atoms with Crippen molar-refractivity contribution in [3.8, 4) is 5.75 Å². The molecule has 0 aliphatic rings. The molecule has 0 bridgehead atoms. The predicted molar refractivity (Wildman–Crippen MR) is 51.1 cm³/mol. The summed E-state index contributed by atoms with van der Waals surface area (Å²) in [4.78, 5) is 20.8. The van der Waals surface area contributed by atoms with Crippen molar-refractivity contribution < 1.29 is 39.3 Å². The summed E-state index contributed by atoms with van der Waals surface area (Å²) in [6, 6.07) is 6.23. The van der Waals surface area contributed by atoms with Crippen LogP contribution in [0, 0.1) is 0 Å². The molecule has 1 rings (SSSR count). The van der Waals surface area contributed by atoms with Gasteiger partial charge in [-0.05, 0) is 12.1 Å². The Balaban J connectivity index is -0.000000151. The van der Waals surface area contributed by atoms with Crippen molar-refractivity contribution in [3.63, 3.8) is 0 Å². The first-order chi connectivity index (χ1) is 5.24. The summed E-state index contributed by atoms with van der Waals surface area (Å²) in [5, 5.41) is 0.306. The number of methoxy groups -OCH3 is 1. The Morgan fingerprint density at radius 2 is 1.40 bits per heavy atom. The van der Waals surface area contributed by atoms with Gasteiger partial charge in [0.15, 0.2) is 0 Å². The van der Waals surface area contributed by atoms with E-state index in [-0.39, 0.29) is 70.9 Å². The monoisotopic (exact) mass is 288 g/mol. The van der Waals surface area contributed by atoms with Crippen LogP contribution in [0.3, 0.4) is 0 Å². The van der Waals surface area contributed by atoms with Crippen molar-refractivity contribution in [2.45, 2.75) is 0 Å². The van der Waals surface area contributed by atoms with Gasteiger partial charge in [0.2, 0.25) is 0 Å². The fraction of sp³-hybridized carbons (Fsp3) is 0.143. The van der Waals surface area contributed by atoms with Gasteiger partial charge in [0.1, 0.15) is 5.75 Å². The second-order valence-corrected chi connectivity index (χ2v) is 2.99. The molecule has 0 N–H and O–H groups in total. The Bertz CT molecular complexity index is 236. The van der Waals surface area contributed by atoms with Crippen LogP contribution in [0.1, 0.15) is 0 Å². The number of ether oxygens (including phenoxy) is 1. The van der Waals surface area contributed by atoms with E-state index in [0.29, 0.717) is 11.1 Å². The van der Waals surface area contributed by atoms with E-state index in [9.17, 15) is 9.79 Å². The molecular formula is C7H7Cl2Mg2O3P. The topological polar surface area (TPSA) is 55.3 Å². The maximum absolute atomic E-state index is 10.4. The zero-order chi connectivity index (χ0) is 8.27. The van der Waals surface area contributed by atoms with Gasteiger partial charge in [-0.25, -0.2) is 0 Å². The van der Waals surface area contributed by atoms with Crippen molar-refractivity contribution in [2.75, 3.05) is 7.11 Å². The van der Waals surface area contributed by atoms with Gasteiger partial charge in [-0.15, -0.1) is 0 Å². The molecule has 0 saturated heterocycles. The number of benzene rings is 1. The van der Waals surface area contributed by atoms with Gasteiger partial charge in [-0.3, -0.25) is 8.38 Å². The molecule has 0 unspecified atom stereocenters. The third-order valence-corrected chi connectivity index (χ3v) is 2.00. The molecule has 0 radical (unpaired) electrons. The molecule has 0 amide bonds. The smallest absolute Gasteiger partial charge is 1.00 e. The first kappa shape index (κ1) is 25.4. The van der Waals surface area contributed by atoms with E-state index in [0.717, 1.165) is 0 Å². The third kappa shape index (κ3) is 9.21. The molecule has 0 aliphatic carbocycles. The van der Waals surface area contributed by atoms with Crippen LogP contribution in [-0.4, -0.2) is 53.2 Å². The normalized spacial score (nSPS) is 7.47. The Labute approximate surface area is 135 Å². The molecule has 0 spiro atoms. The van der Waals surface area contributed by atoms with Crippen LogP contribution in [0.15, 0.2) is 24.3 Å². The standard InChI is InChI=1S/C7H7O3P.2ClH.2Mg/c1-10-6-2-4-7(5-3-6)11(8)9;;;;/h2-5H,1H3;2*1H;;/q-2;;;2*+2/p-2. The fourth-order valence-electron chi connectivity index (χ4n) is 0.704. The summed E-state index contributed by atoms with van der Waals surface area (Å²) in [6.45, 7) is 0. The van der Waals surface area contributed by atoms with Gasteiger partial charge < -0.3 is 39.3 Å². The molecule has 0 fully saturated rings. The number of hydrogen-bond acceptors (Lipinski definition) is 3. The Morgan fingerprint density at radius 3 is 1.67 bits per heavy atom. The average molecular weight is 290 g/mol. The predicted octanol–water partition coefficient (Wildman–Crippen LogP) is -7.40. The Hall–Kier alpha value is 1.48.